The summed E-state index contributed by atoms with van der Waals surface area (Å²) in [6, 6.07) is 10.3. The fraction of sp³-hybridized carbons (Fsp3) is 0.227. The summed E-state index contributed by atoms with van der Waals surface area (Å²) in [6.07, 6.45) is 3.61. The lowest BCUT2D eigenvalue weighted by Gasteiger charge is -2.26. The number of H-pyrrole nitrogens is 1. The van der Waals surface area contributed by atoms with Crippen LogP contribution in [0.15, 0.2) is 59.1 Å². The van der Waals surface area contributed by atoms with Crippen molar-refractivity contribution in [2.45, 2.75) is 11.3 Å². The van der Waals surface area contributed by atoms with E-state index in [0.29, 0.717) is 37.7 Å². The average Bonchev–Trinajstić information content (AvgIpc) is 3.46. The number of carbonyl (C=O) groups excluding carboxylic acids is 1. The monoisotopic (exact) mass is 483 g/mol. The van der Waals surface area contributed by atoms with Gasteiger partial charge in [0.25, 0.3) is 0 Å². The lowest BCUT2D eigenvalue weighted by atomic mass is 10.1. The fourth-order valence-electron chi connectivity index (χ4n) is 3.71. The Morgan fingerprint density at radius 1 is 1.21 bits per heavy atom. The first-order valence-corrected chi connectivity index (χ1v) is 12.7. The molecule has 3 aromatic heterocycles. The summed E-state index contributed by atoms with van der Waals surface area (Å²) in [7, 11) is -3.62. The second-order valence-corrected chi connectivity index (χ2v) is 10.3. The third kappa shape index (κ3) is 4.53. The highest BCUT2D eigenvalue weighted by atomic mass is 32.2. The molecule has 0 radical (unpaired) electrons. The van der Waals surface area contributed by atoms with E-state index >= 15 is 0 Å². The minimum atomic E-state index is -3.62. The quantitative estimate of drug-likeness (QED) is 0.436. The summed E-state index contributed by atoms with van der Waals surface area (Å²) >= 11 is 1.42. The highest BCUT2D eigenvalue weighted by Gasteiger charge is 2.26. The third-order valence-electron chi connectivity index (χ3n) is 5.32. The molecule has 33 heavy (non-hydrogen) atoms. The minimum absolute atomic E-state index is 0.0380. The Labute approximate surface area is 194 Å². The number of nitrogens with zero attached hydrogens (tertiary/aromatic N) is 3. The SMILES string of the molecule is O=C(Cc1cccc(S(=O)(=O)N2CCOCC2)c1)Nc1csc(-c2c[nH]c3ncccc23)n1. The van der Waals surface area contributed by atoms with E-state index in [4.69, 9.17) is 4.74 Å². The molecule has 4 aromatic rings. The zero-order valence-electron chi connectivity index (χ0n) is 17.5. The number of sulfonamides is 1. The van der Waals surface area contributed by atoms with E-state index in [0.717, 1.165) is 21.6 Å². The van der Waals surface area contributed by atoms with Crippen LogP contribution >= 0.6 is 11.3 Å². The standard InChI is InChI=1S/C22H21N5O4S2/c28-20(12-15-3-1-4-16(11-15)33(29,30)27-7-9-31-10-8-27)25-19-14-32-22(26-19)18-13-24-21-17(18)5-2-6-23-21/h1-6,11,13-14H,7-10,12H2,(H,23,24)(H,25,28). The maximum absolute atomic E-state index is 12.9. The molecule has 0 atom stereocenters. The van der Waals surface area contributed by atoms with Crippen molar-refractivity contribution in [1.82, 2.24) is 19.3 Å². The van der Waals surface area contributed by atoms with Gasteiger partial charge in [-0.25, -0.2) is 18.4 Å². The van der Waals surface area contributed by atoms with Crippen molar-refractivity contribution in [1.29, 1.82) is 0 Å². The van der Waals surface area contributed by atoms with Crippen molar-refractivity contribution < 1.29 is 17.9 Å². The van der Waals surface area contributed by atoms with Crippen LogP contribution in [0.25, 0.3) is 21.6 Å². The van der Waals surface area contributed by atoms with Gasteiger partial charge in [0.2, 0.25) is 15.9 Å². The van der Waals surface area contributed by atoms with E-state index in [1.165, 1.54) is 15.6 Å². The molecule has 0 saturated carbocycles. The van der Waals surface area contributed by atoms with Crippen molar-refractivity contribution in [2.24, 2.45) is 0 Å². The van der Waals surface area contributed by atoms with Crippen LogP contribution in [-0.2, 0) is 26.0 Å². The van der Waals surface area contributed by atoms with Gasteiger partial charge >= 0.3 is 0 Å². The number of thiazole rings is 1. The van der Waals surface area contributed by atoms with Crippen molar-refractivity contribution >= 4 is 44.1 Å². The number of amides is 1. The normalized spacial score (nSPS) is 15.0. The first-order chi connectivity index (χ1) is 16.0. The molecule has 1 aliphatic rings. The van der Waals surface area contributed by atoms with Crippen LogP contribution in [0.4, 0.5) is 5.82 Å². The molecule has 4 heterocycles. The summed E-state index contributed by atoms with van der Waals surface area (Å²) in [5.74, 6) is 0.184. The summed E-state index contributed by atoms with van der Waals surface area (Å²) in [6.45, 7) is 1.41. The molecule has 2 N–H and O–H groups in total. The second kappa shape index (κ2) is 9.02. The Morgan fingerprint density at radius 3 is 2.91 bits per heavy atom. The third-order valence-corrected chi connectivity index (χ3v) is 8.09. The number of rotatable bonds is 6. The summed E-state index contributed by atoms with van der Waals surface area (Å²) in [5, 5.41) is 6.31. The van der Waals surface area contributed by atoms with Gasteiger partial charge < -0.3 is 15.0 Å². The molecule has 170 valence electrons. The molecule has 9 nitrogen and oxygen atoms in total. The topological polar surface area (TPSA) is 117 Å². The number of benzene rings is 1. The van der Waals surface area contributed by atoms with Gasteiger partial charge in [-0.05, 0) is 29.8 Å². The van der Waals surface area contributed by atoms with Crippen LogP contribution in [-0.4, -0.2) is 59.9 Å². The van der Waals surface area contributed by atoms with E-state index in [-0.39, 0.29) is 17.2 Å². The number of morpholine rings is 1. The lowest BCUT2D eigenvalue weighted by molar-refractivity contribution is -0.115. The number of nitrogens with one attached hydrogen (secondary N) is 2. The van der Waals surface area contributed by atoms with Crippen LogP contribution < -0.4 is 5.32 Å². The number of hydrogen-bond donors (Lipinski definition) is 2. The zero-order valence-corrected chi connectivity index (χ0v) is 19.2. The highest BCUT2D eigenvalue weighted by Crippen LogP contribution is 2.31. The molecule has 11 heteroatoms. The Morgan fingerprint density at radius 2 is 2.06 bits per heavy atom. The van der Waals surface area contributed by atoms with Crippen molar-refractivity contribution in [3.05, 3.63) is 59.7 Å². The zero-order chi connectivity index (χ0) is 22.8. The number of aromatic nitrogens is 3. The molecule has 1 amide bonds. The largest absolute Gasteiger partial charge is 0.379 e. The number of anilines is 1. The van der Waals surface area contributed by atoms with Crippen molar-refractivity contribution in [2.75, 3.05) is 31.6 Å². The Hall–Kier alpha value is -3.12. The molecular formula is C22H21N5O4S2. The first kappa shape index (κ1) is 21.7. The Kier molecular flexibility index (Phi) is 5.94. The van der Waals surface area contributed by atoms with Gasteiger partial charge in [-0.15, -0.1) is 11.3 Å². The summed E-state index contributed by atoms with van der Waals surface area (Å²) < 4.78 is 32.4. The van der Waals surface area contributed by atoms with Gasteiger partial charge in [-0.1, -0.05) is 12.1 Å². The van der Waals surface area contributed by atoms with E-state index in [9.17, 15) is 13.2 Å². The predicted molar refractivity (Wildman–Crippen MR) is 126 cm³/mol. The van der Waals surface area contributed by atoms with Gasteiger partial charge in [-0.2, -0.15) is 4.31 Å². The Bertz CT molecular complexity index is 1410. The van der Waals surface area contributed by atoms with Gasteiger partial charge in [0, 0.05) is 41.8 Å². The molecule has 0 spiro atoms. The van der Waals surface area contributed by atoms with Gasteiger partial charge in [0.1, 0.15) is 16.5 Å². The number of fused-ring (bicyclic) bond motifs is 1. The molecular weight excluding hydrogens is 462 g/mol. The smallest absolute Gasteiger partial charge is 0.243 e. The van der Waals surface area contributed by atoms with Crippen LogP contribution in [0.3, 0.4) is 0 Å². The van der Waals surface area contributed by atoms with Gasteiger partial charge in [0.05, 0.1) is 24.5 Å². The summed E-state index contributed by atoms with van der Waals surface area (Å²) in [4.78, 5) is 24.7. The molecule has 1 saturated heterocycles. The molecule has 1 fully saturated rings. The van der Waals surface area contributed by atoms with Crippen molar-refractivity contribution in [3.63, 3.8) is 0 Å². The van der Waals surface area contributed by atoms with E-state index in [2.05, 4.69) is 20.3 Å². The average molecular weight is 484 g/mol. The molecule has 1 aliphatic heterocycles. The first-order valence-electron chi connectivity index (χ1n) is 10.4. The van der Waals surface area contributed by atoms with E-state index in [1.54, 1.807) is 35.8 Å². The van der Waals surface area contributed by atoms with E-state index < -0.39 is 10.0 Å². The van der Waals surface area contributed by atoms with Crippen molar-refractivity contribution in [3.8, 4) is 10.6 Å². The van der Waals surface area contributed by atoms with Crippen LogP contribution in [0.5, 0.6) is 0 Å². The van der Waals surface area contributed by atoms with Gasteiger partial charge in [0.15, 0.2) is 0 Å². The number of aromatic amines is 1. The minimum Gasteiger partial charge on any atom is -0.379 e. The van der Waals surface area contributed by atoms with Crippen LogP contribution in [0.1, 0.15) is 5.56 Å². The predicted octanol–water partition coefficient (Wildman–Crippen LogP) is 2.89. The van der Waals surface area contributed by atoms with Crippen LogP contribution in [0, 0.1) is 0 Å². The van der Waals surface area contributed by atoms with E-state index in [1.807, 2.05) is 18.3 Å². The number of pyridine rings is 1. The van der Waals surface area contributed by atoms with Gasteiger partial charge in [-0.3, -0.25) is 4.79 Å². The van der Waals surface area contributed by atoms with Crippen LogP contribution in [0.2, 0.25) is 0 Å². The molecule has 0 unspecified atom stereocenters. The Balaban J connectivity index is 1.28. The highest BCUT2D eigenvalue weighted by molar-refractivity contribution is 7.89. The number of hydrogen-bond acceptors (Lipinski definition) is 7. The second-order valence-electron chi connectivity index (χ2n) is 7.53. The fourth-order valence-corrected chi connectivity index (χ4v) is 5.97. The maximum Gasteiger partial charge on any atom is 0.243 e. The summed E-state index contributed by atoms with van der Waals surface area (Å²) in [5.41, 5.74) is 2.31. The maximum atomic E-state index is 12.9. The lowest BCUT2D eigenvalue weighted by Crippen LogP contribution is -2.40. The molecule has 0 bridgehead atoms. The molecule has 5 rings (SSSR count). The number of ether oxygens (including phenoxy) is 1. The molecule has 0 aliphatic carbocycles. The number of carbonyl (C=O) groups is 1. The molecule has 1 aromatic carbocycles.